The van der Waals surface area contributed by atoms with Crippen molar-refractivity contribution in [2.75, 3.05) is 25.9 Å². The smallest absolute Gasteiger partial charge is 0.266 e. The van der Waals surface area contributed by atoms with E-state index in [0.29, 0.717) is 57.8 Å². The van der Waals surface area contributed by atoms with Crippen molar-refractivity contribution < 1.29 is 4.74 Å². The molecule has 38 heavy (non-hydrogen) atoms. The summed E-state index contributed by atoms with van der Waals surface area (Å²) in [4.78, 5) is 34.2. The molecular weight excluding hydrogens is 480 g/mol. The zero-order valence-electron chi connectivity index (χ0n) is 21.5. The summed E-state index contributed by atoms with van der Waals surface area (Å²) < 4.78 is 9.79. The Hall–Kier alpha value is -4.31. The number of para-hydroxylation sites is 2. The summed E-state index contributed by atoms with van der Waals surface area (Å²) in [6, 6.07) is 13.9. The van der Waals surface area contributed by atoms with E-state index >= 15 is 0 Å². The van der Waals surface area contributed by atoms with Crippen LogP contribution < -0.4 is 16.0 Å². The van der Waals surface area contributed by atoms with Gasteiger partial charge in [-0.05, 0) is 63.5 Å². The summed E-state index contributed by atoms with van der Waals surface area (Å²) in [5.74, 6) is 1.49. The van der Waals surface area contributed by atoms with Crippen LogP contribution in [-0.4, -0.2) is 60.2 Å². The van der Waals surface area contributed by atoms with Crippen LogP contribution in [0.1, 0.15) is 30.7 Å². The Bertz CT molecular complexity index is 1690. The number of rotatable bonds is 7. The molecule has 1 aliphatic heterocycles. The van der Waals surface area contributed by atoms with E-state index in [1.54, 1.807) is 10.9 Å². The van der Waals surface area contributed by atoms with Gasteiger partial charge in [0.05, 0.1) is 36.1 Å². The third-order valence-corrected chi connectivity index (χ3v) is 7.40. The fourth-order valence-electron chi connectivity index (χ4n) is 5.38. The van der Waals surface area contributed by atoms with Crippen LogP contribution in [0.4, 0.5) is 5.82 Å². The Balaban J connectivity index is 1.45. The molecule has 1 fully saturated rings. The normalized spacial score (nSPS) is 16.0. The second-order valence-corrected chi connectivity index (χ2v) is 9.82. The number of aromatic nitrogens is 6. The van der Waals surface area contributed by atoms with Crippen molar-refractivity contribution in [3.05, 3.63) is 76.9 Å². The van der Waals surface area contributed by atoms with Gasteiger partial charge < -0.3 is 19.9 Å². The van der Waals surface area contributed by atoms with Crippen molar-refractivity contribution in [3.63, 3.8) is 0 Å². The molecule has 2 N–H and O–H groups in total. The van der Waals surface area contributed by atoms with Crippen molar-refractivity contribution in [3.8, 4) is 11.4 Å². The van der Waals surface area contributed by atoms with E-state index in [4.69, 9.17) is 15.5 Å². The number of ether oxygens (including phenoxy) is 1. The van der Waals surface area contributed by atoms with Crippen molar-refractivity contribution in [2.24, 2.45) is 0 Å². The van der Waals surface area contributed by atoms with Crippen LogP contribution in [0, 0.1) is 6.92 Å². The fraction of sp³-hybridized carbons (Fsp3) is 0.321. The van der Waals surface area contributed by atoms with E-state index in [-0.39, 0.29) is 12.1 Å². The Morgan fingerprint density at radius 2 is 1.97 bits per heavy atom. The quantitative estimate of drug-likeness (QED) is 0.354. The van der Waals surface area contributed by atoms with Gasteiger partial charge in [0.1, 0.15) is 23.4 Å². The summed E-state index contributed by atoms with van der Waals surface area (Å²) in [6.45, 7) is 3.88. The number of nitrogen functional groups attached to an aromatic ring is 1. The van der Waals surface area contributed by atoms with Gasteiger partial charge in [0.25, 0.3) is 5.56 Å². The molecule has 3 aromatic heterocycles. The minimum absolute atomic E-state index is 0.145. The van der Waals surface area contributed by atoms with E-state index in [0.717, 1.165) is 18.5 Å². The Kier molecular flexibility index (Phi) is 6.24. The SMILES string of the molecule is Cc1cccc2nc(Cn3cnc4c(N)ncnc43)n(-c3ccccc3OCCC3CCCN3C)c(=O)c12. The van der Waals surface area contributed by atoms with Crippen LogP contribution in [0.15, 0.2) is 59.9 Å². The van der Waals surface area contributed by atoms with Crippen LogP contribution in [0.25, 0.3) is 27.8 Å². The monoisotopic (exact) mass is 510 g/mol. The first-order valence-corrected chi connectivity index (χ1v) is 12.9. The summed E-state index contributed by atoms with van der Waals surface area (Å²) in [5, 5.41) is 0.584. The fourth-order valence-corrected chi connectivity index (χ4v) is 5.38. The topological polar surface area (TPSA) is 117 Å². The van der Waals surface area contributed by atoms with Crippen LogP contribution in [-0.2, 0) is 6.54 Å². The number of hydrogen-bond acceptors (Lipinski definition) is 8. The lowest BCUT2D eigenvalue weighted by Gasteiger charge is -2.21. The number of benzene rings is 2. The third kappa shape index (κ3) is 4.26. The van der Waals surface area contributed by atoms with Crippen molar-refractivity contribution >= 4 is 27.9 Å². The standard InChI is InChI=1S/C28H30N8O2/c1-18-7-5-9-20-24(18)28(37)36(23(33-20)15-35-17-32-25-26(29)30-16-31-27(25)35)21-10-3-4-11-22(21)38-14-12-19-8-6-13-34(19)2/h3-5,7,9-11,16-17,19H,6,8,12-15H2,1-2H3,(H2,29,30,31). The highest BCUT2D eigenvalue weighted by molar-refractivity contribution is 5.82. The number of likely N-dealkylation sites (tertiary alicyclic amines) is 1. The molecule has 1 atom stereocenters. The molecule has 1 saturated heterocycles. The molecule has 2 aromatic carbocycles. The van der Waals surface area contributed by atoms with E-state index in [9.17, 15) is 4.79 Å². The van der Waals surface area contributed by atoms with Gasteiger partial charge in [0, 0.05) is 6.04 Å². The lowest BCUT2D eigenvalue weighted by molar-refractivity contribution is 0.233. The van der Waals surface area contributed by atoms with Gasteiger partial charge in [-0.25, -0.2) is 19.9 Å². The van der Waals surface area contributed by atoms with Crippen LogP contribution in [0.3, 0.4) is 0 Å². The number of aryl methyl sites for hydroxylation is 1. The summed E-state index contributed by atoms with van der Waals surface area (Å²) in [5.41, 5.74) is 9.12. The average molecular weight is 511 g/mol. The number of hydrogen-bond donors (Lipinski definition) is 1. The predicted octanol–water partition coefficient (Wildman–Crippen LogP) is 3.33. The maximum atomic E-state index is 14.1. The van der Waals surface area contributed by atoms with E-state index in [2.05, 4.69) is 26.9 Å². The van der Waals surface area contributed by atoms with Gasteiger partial charge in [-0.1, -0.05) is 24.3 Å². The molecule has 1 unspecified atom stereocenters. The van der Waals surface area contributed by atoms with Gasteiger partial charge in [-0.3, -0.25) is 9.36 Å². The molecule has 0 aliphatic carbocycles. The number of nitrogens with two attached hydrogens (primary N) is 1. The zero-order chi connectivity index (χ0) is 26.2. The molecule has 0 spiro atoms. The second-order valence-electron chi connectivity index (χ2n) is 9.82. The Morgan fingerprint density at radius 3 is 2.82 bits per heavy atom. The molecule has 0 radical (unpaired) electrons. The van der Waals surface area contributed by atoms with Gasteiger partial charge >= 0.3 is 0 Å². The molecule has 10 heteroatoms. The summed E-state index contributed by atoms with van der Waals surface area (Å²) in [6.07, 6.45) is 6.39. The van der Waals surface area contributed by atoms with E-state index in [1.165, 1.54) is 19.2 Å². The summed E-state index contributed by atoms with van der Waals surface area (Å²) in [7, 11) is 2.17. The molecule has 6 rings (SSSR count). The van der Waals surface area contributed by atoms with Gasteiger partial charge in [0.15, 0.2) is 11.5 Å². The van der Waals surface area contributed by atoms with E-state index in [1.807, 2.05) is 54.0 Å². The van der Waals surface area contributed by atoms with Crippen molar-refractivity contribution in [2.45, 2.75) is 38.8 Å². The minimum Gasteiger partial charge on any atom is -0.491 e. The maximum absolute atomic E-state index is 14.1. The molecule has 0 saturated carbocycles. The number of anilines is 1. The molecule has 194 valence electrons. The summed E-state index contributed by atoms with van der Waals surface area (Å²) >= 11 is 0. The molecular formula is C28H30N8O2. The molecule has 4 heterocycles. The third-order valence-electron chi connectivity index (χ3n) is 7.40. The lowest BCUT2D eigenvalue weighted by atomic mass is 10.1. The average Bonchev–Trinajstić information content (AvgIpc) is 3.51. The van der Waals surface area contributed by atoms with Gasteiger partial charge in [0.2, 0.25) is 0 Å². The first-order chi connectivity index (χ1) is 18.5. The highest BCUT2D eigenvalue weighted by atomic mass is 16.5. The Labute approximate surface area is 219 Å². The zero-order valence-corrected chi connectivity index (χ0v) is 21.5. The van der Waals surface area contributed by atoms with Crippen molar-refractivity contribution in [1.29, 1.82) is 0 Å². The predicted molar refractivity (Wildman–Crippen MR) is 147 cm³/mol. The highest BCUT2D eigenvalue weighted by Gasteiger charge is 2.22. The number of nitrogens with zero attached hydrogens (tertiary/aromatic N) is 7. The maximum Gasteiger partial charge on any atom is 0.266 e. The number of fused-ring (bicyclic) bond motifs is 2. The Morgan fingerprint density at radius 1 is 1.11 bits per heavy atom. The minimum atomic E-state index is -0.145. The van der Waals surface area contributed by atoms with Crippen LogP contribution in [0.5, 0.6) is 5.75 Å². The lowest BCUT2D eigenvalue weighted by Crippen LogP contribution is -2.27. The van der Waals surface area contributed by atoms with Crippen molar-refractivity contribution in [1.82, 2.24) is 34.0 Å². The highest BCUT2D eigenvalue weighted by Crippen LogP contribution is 2.26. The molecule has 1 aliphatic rings. The van der Waals surface area contributed by atoms with Gasteiger partial charge in [-0.15, -0.1) is 0 Å². The van der Waals surface area contributed by atoms with E-state index < -0.39 is 0 Å². The molecule has 0 bridgehead atoms. The largest absolute Gasteiger partial charge is 0.491 e. The van der Waals surface area contributed by atoms with Crippen LogP contribution >= 0.6 is 0 Å². The molecule has 5 aromatic rings. The molecule has 0 amide bonds. The molecule has 10 nitrogen and oxygen atoms in total. The van der Waals surface area contributed by atoms with Crippen LogP contribution in [0.2, 0.25) is 0 Å². The first kappa shape index (κ1) is 24.1. The first-order valence-electron chi connectivity index (χ1n) is 12.9. The van der Waals surface area contributed by atoms with Gasteiger partial charge in [-0.2, -0.15) is 0 Å². The number of imidazole rings is 1. The second kappa shape index (κ2) is 9.86.